The zero-order chi connectivity index (χ0) is 26.0. The number of fused-ring (bicyclic) bond motifs is 1. The number of nitrogen functional groups attached to an aromatic ring is 2. The lowest BCUT2D eigenvalue weighted by Gasteiger charge is -2.38. The van der Waals surface area contributed by atoms with E-state index in [1.807, 2.05) is 27.7 Å². The van der Waals surface area contributed by atoms with E-state index >= 15 is 0 Å². The molecule has 188 valence electrons. The van der Waals surface area contributed by atoms with Crippen molar-refractivity contribution >= 4 is 28.8 Å². The number of hydrogen-bond acceptors (Lipinski definition) is 8. The molecule has 0 bridgehead atoms. The molecule has 1 amide bonds. The van der Waals surface area contributed by atoms with Crippen molar-refractivity contribution in [1.82, 2.24) is 4.98 Å². The molecular formula is C27H31N5O4. The fourth-order valence-corrected chi connectivity index (χ4v) is 4.23. The molecule has 1 aromatic heterocycles. The van der Waals surface area contributed by atoms with Crippen LogP contribution in [0.2, 0.25) is 0 Å². The Balaban J connectivity index is 1.48. The molecule has 3 aromatic rings. The fourth-order valence-electron chi connectivity index (χ4n) is 4.23. The molecule has 1 aliphatic heterocycles. The molecule has 0 saturated heterocycles. The Kier molecular flexibility index (Phi) is 6.74. The molecule has 36 heavy (non-hydrogen) atoms. The van der Waals surface area contributed by atoms with Crippen LogP contribution in [0.5, 0.6) is 11.5 Å². The van der Waals surface area contributed by atoms with Gasteiger partial charge in [0.2, 0.25) is 0 Å². The number of anilines is 3. The zero-order valence-corrected chi connectivity index (χ0v) is 21.1. The first-order valence-corrected chi connectivity index (χ1v) is 11.6. The Morgan fingerprint density at radius 3 is 2.47 bits per heavy atom. The maximum atomic E-state index is 12.4. The first-order valence-electron chi connectivity index (χ1n) is 11.6. The van der Waals surface area contributed by atoms with Crippen molar-refractivity contribution < 1.29 is 19.1 Å². The lowest BCUT2D eigenvalue weighted by molar-refractivity contribution is 0.0353. The molecule has 0 spiro atoms. The van der Waals surface area contributed by atoms with Gasteiger partial charge in [0, 0.05) is 29.6 Å². The predicted octanol–water partition coefficient (Wildman–Crippen LogP) is 4.39. The van der Waals surface area contributed by atoms with Crippen molar-refractivity contribution in [3.63, 3.8) is 0 Å². The number of carbonyl (C=O) groups excluding carboxylic acids is 1. The van der Waals surface area contributed by atoms with Crippen LogP contribution < -0.4 is 26.3 Å². The molecule has 0 radical (unpaired) electrons. The van der Waals surface area contributed by atoms with E-state index in [4.69, 9.17) is 25.8 Å². The molecular weight excluding hydrogens is 458 g/mol. The topological polar surface area (TPSA) is 134 Å². The number of nitrogens with zero attached hydrogens (tertiary/aromatic N) is 2. The van der Waals surface area contributed by atoms with E-state index < -0.39 is 5.60 Å². The molecule has 1 aliphatic rings. The SMILES string of the molecule is CO/N=C1\CC(C)(COc2ccc(NC(=O)c3ccc(N)nc3)cc2)Oc2c(C)c(C)c(N)c(C)c21. The van der Waals surface area contributed by atoms with E-state index in [0.717, 1.165) is 39.4 Å². The monoisotopic (exact) mass is 489 g/mol. The van der Waals surface area contributed by atoms with E-state index in [-0.39, 0.29) is 12.5 Å². The van der Waals surface area contributed by atoms with Gasteiger partial charge in [-0.2, -0.15) is 0 Å². The largest absolute Gasteiger partial charge is 0.489 e. The van der Waals surface area contributed by atoms with Gasteiger partial charge >= 0.3 is 0 Å². The summed E-state index contributed by atoms with van der Waals surface area (Å²) < 4.78 is 12.6. The second-order valence-electron chi connectivity index (χ2n) is 9.18. The van der Waals surface area contributed by atoms with Gasteiger partial charge in [-0.1, -0.05) is 5.16 Å². The molecule has 4 rings (SSSR count). The number of ether oxygens (including phenoxy) is 2. The molecule has 9 nitrogen and oxygen atoms in total. The third-order valence-corrected chi connectivity index (χ3v) is 6.40. The van der Waals surface area contributed by atoms with Gasteiger partial charge in [0.25, 0.3) is 5.91 Å². The zero-order valence-electron chi connectivity index (χ0n) is 21.1. The van der Waals surface area contributed by atoms with Crippen molar-refractivity contribution in [2.24, 2.45) is 5.16 Å². The van der Waals surface area contributed by atoms with Crippen LogP contribution in [0.15, 0.2) is 47.8 Å². The van der Waals surface area contributed by atoms with Crippen molar-refractivity contribution in [1.29, 1.82) is 0 Å². The normalized spacial score (nSPS) is 17.8. The van der Waals surface area contributed by atoms with Crippen LogP contribution in [0, 0.1) is 20.8 Å². The van der Waals surface area contributed by atoms with Crippen LogP contribution in [0.4, 0.5) is 17.2 Å². The number of oxime groups is 1. The van der Waals surface area contributed by atoms with Crippen molar-refractivity contribution in [2.45, 2.75) is 39.7 Å². The average molecular weight is 490 g/mol. The van der Waals surface area contributed by atoms with Crippen LogP contribution in [0.1, 0.15) is 46.0 Å². The van der Waals surface area contributed by atoms with Gasteiger partial charge in [0.15, 0.2) is 0 Å². The standard InChI is InChI=1S/C27H31N5O4/c1-15-16(2)25-23(17(3)24(15)29)21(32-34-5)12-27(4,36-25)14-35-20-9-7-19(8-10-20)31-26(33)18-6-11-22(28)30-13-18/h6-11,13H,12,14,29H2,1-5H3,(H2,28,30)(H,31,33)/b32-21+. The Hall–Kier alpha value is -4.27. The number of carbonyl (C=O) groups is 1. The number of pyridine rings is 1. The highest BCUT2D eigenvalue weighted by Crippen LogP contribution is 2.42. The summed E-state index contributed by atoms with van der Waals surface area (Å²) in [4.78, 5) is 21.5. The van der Waals surface area contributed by atoms with E-state index in [9.17, 15) is 4.79 Å². The summed E-state index contributed by atoms with van der Waals surface area (Å²) in [6.07, 6.45) is 1.92. The maximum absolute atomic E-state index is 12.4. The second-order valence-corrected chi connectivity index (χ2v) is 9.18. The van der Waals surface area contributed by atoms with Crippen molar-refractivity contribution in [3.05, 3.63) is 70.4 Å². The van der Waals surface area contributed by atoms with Gasteiger partial charge in [0.05, 0.1) is 11.3 Å². The predicted molar refractivity (Wildman–Crippen MR) is 141 cm³/mol. The second kappa shape index (κ2) is 9.77. The van der Waals surface area contributed by atoms with Gasteiger partial charge in [-0.25, -0.2) is 4.98 Å². The highest BCUT2D eigenvalue weighted by molar-refractivity contribution is 6.07. The van der Waals surface area contributed by atoms with Crippen LogP contribution >= 0.6 is 0 Å². The Bertz CT molecular complexity index is 1320. The fraction of sp³-hybridized carbons (Fsp3) is 0.296. The highest BCUT2D eigenvalue weighted by Gasteiger charge is 2.39. The molecule has 1 atom stereocenters. The summed E-state index contributed by atoms with van der Waals surface area (Å²) in [6, 6.07) is 10.3. The van der Waals surface area contributed by atoms with E-state index in [2.05, 4.69) is 15.5 Å². The number of rotatable bonds is 6. The molecule has 1 unspecified atom stereocenters. The summed E-state index contributed by atoms with van der Waals surface area (Å²) in [5.74, 6) is 1.48. The number of benzene rings is 2. The molecule has 0 aliphatic carbocycles. The summed E-state index contributed by atoms with van der Waals surface area (Å²) in [5, 5.41) is 7.12. The van der Waals surface area contributed by atoms with Crippen molar-refractivity contribution in [2.75, 3.05) is 30.5 Å². The van der Waals surface area contributed by atoms with Gasteiger partial charge in [-0.05, 0) is 80.8 Å². The molecule has 9 heteroatoms. The number of amides is 1. The molecule has 0 fully saturated rings. The molecule has 0 saturated carbocycles. The van der Waals surface area contributed by atoms with Gasteiger partial charge in [-0.3, -0.25) is 4.79 Å². The summed E-state index contributed by atoms with van der Waals surface area (Å²) >= 11 is 0. The van der Waals surface area contributed by atoms with E-state index in [1.165, 1.54) is 13.3 Å². The van der Waals surface area contributed by atoms with E-state index in [1.54, 1.807) is 36.4 Å². The van der Waals surface area contributed by atoms with Crippen LogP contribution in [-0.4, -0.2) is 35.9 Å². The number of nitrogens with one attached hydrogen (secondary N) is 1. The molecule has 2 aromatic carbocycles. The number of aromatic nitrogens is 1. The quantitative estimate of drug-likeness (QED) is 0.345. The maximum Gasteiger partial charge on any atom is 0.257 e. The molecule has 5 N–H and O–H groups in total. The van der Waals surface area contributed by atoms with E-state index in [0.29, 0.717) is 29.2 Å². The summed E-state index contributed by atoms with van der Waals surface area (Å²) in [5.41, 5.74) is 17.6. The van der Waals surface area contributed by atoms with Gasteiger partial charge in [-0.15, -0.1) is 0 Å². The first-order chi connectivity index (χ1) is 17.1. The Labute approximate surface area is 210 Å². The lowest BCUT2D eigenvalue weighted by Crippen LogP contribution is -2.45. The number of hydrogen-bond donors (Lipinski definition) is 3. The Morgan fingerprint density at radius 2 is 1.83 bits per heavy atom. The Morgan fingerprint density at radius 1 is 1.11 bits per heavy atom. The summed E-state index contributed by atoms with van der Waals surface area (Å²) in [6.45, 7) is 8.21. The minimum atomic E-state index is -0.681. The van der Waals surface area contributed by atoms with Crippen molar-refractivity contribution in [3.8, 4) is 11.5 Å². The van der Waals surface area contributed by atoms with Gasteiger partial charge < -0.3 is 31.1 Å². The molecule has 2 heterocycles. The number of nitrogens with two attached hydrogens (primary N) is 2. The minimum Gasteiger partial charge on any atom is -0.489 e. The average Bonchev–Trinajstić information content (AvgIpc) is 2.86. The lowest BCUT2D eigenvalue weighted by atomic mass is 9.85. The first kappa shape index (κ1) is 24.8. The third-order valence-electron chi connectivity index (χ3n) is 6.40. The third kappa shape index (κ3) is 4.91. The van der Waals surface area contributed by atoms with Crippen LogP contribution in [0.3, 0.4) is 0 Å². The minimum absolute atomic E-state index is 0.274. The summed E-state index contributed by atoms with van der Waals surface area (Å²) in [7, 11) is 1.53. The van der Waals surface area contributed by atoms with Crippen LogP contribution in [0.25, 0.3) is 0 Å². The highest BCUT2D eigenvalue weighted by atomic mass is 16.6. The van der Waals surface area contributed by atoms with Gasteiger partial charge in [0.1, 0.15) is 36.6 Å². The smallest absolute Gasteiger partial charge is 0.257 e. The van der Waals surface area contributed by atoms with Crippen LogP contribution in [-0.2, 0) is 4.84 Å².